The largest absolute Gasteiger partial charge is 0.467 e. The first-order valence-corrected chi connectivity index (χ1v) is 6.05. The van der Waals surface area contributed by atoms with E-state index in [0.29, 0.717) is 0 Å². The van der Waals surface area contributed by atoms with Crippen molar-refractivity contribution < 1.29 is 14.3 Å². The second-order valence-electron chi connectivity index (χ2n) is 5.06. The van der Waals surface area contributed by atoms with Gasteiger partial charge in [-0.2, -0.15) is 0 Å². The summed E-state index contributed by atoms with van der Waals surface area (Å²) in [5, 5.41) is 2.66. The fourth-order valence-corrected chi connectivity index (χ4v) is 2.34. The van der Waals surface area contributed by atoms with Crippen molar-refractivity contribution in [1.29, 1.82) is 0 Å². The molecule has 3 atom stereocenters. The van der Waals surface area contributed by atoms with E-state index in [0.717, 1.165) is 25.7 Å². The summed E-state index contributed by atoms with van der Waals surface area (Å²) >= 11 is 0. The topological polar surface area (TPSA) is 81.4 Å². The van der Waals surface area contributed by atoms with Gasteiger partial charge in [0.1, 0.15) is 6.04 Å². The maximum Gasteiger partial charge on any atom is 0.328 e. The van der Waals surface area contributed by atoms with Gasteiger partial charge in [0.2, 0.25) is 5.91 Å². The highest BCUT2D eigenvalue weighted by atomic mass is 16.5. The number of nitrogens with two attached hydrogens (primary N) is 1. The van der Waals surface area contributed by atoms with E-state index in [9.17, 15) is 9.59 Å². The number of nitrogens with one attached hydrogen (secondary N) is 1. The van der Waals surface area contributed by atoms with Gasteiger partial charge in [0.05, 0.1) is 13.0 Å². The van der Waals surface area contributed by atoms with Gasteiger partial charge in [-0.05, 0) is 26.7 Å². The van der Waals surface area contributed by atoms with Crippen molar-refractivity contribution in [3.8, 4) is 0 Å². The van der Waals surface area contributed by atoms with Crippen LogP contribution in [0.3, 0.4) is 0 Å². The van der Waals surface area contributed by atoms with E-state index in [2.05, 4.69) is 10.1 Å². The van der Waals surface area contributed by atoms with Crippen LogP contribution in [0.25, 0.3) is 0 Å². The van der Waals surface area contributed by atoms with Crippen LogP contribution in [0, 0.1) is 5.92 Å². The fourth-order valence-electron chi connectivity index (χ4n) is 2.34. The predicted octanol–water partition coefficient (Wildman–Crippen LogP) is 0.572. The van der Waals surface area contributed by atoms with Crippen molar-refractivity contribution in [2.45, 2.75) is 51.1 Å². The SMILES string of the molecule is COC(=O)[C@@H](C)NC(=O)C1CCCCC1(C)N. The number of esters is 1. The molecule has 5 heteroatoms. The number of ether oxygens (including phenoxy) is 1. The average molecular weight is 242 g/mol. The summed E-state index contributed by atoms with van der Waals surface area (Å²) in [6.45, 7) is 3.51. The fraction of sp³-hybridized carbons (Fsp3) is 0.833. The van der Waals surface area contributed by atoms with Gasteiger partial charge >= 0.3 is 5.97 Å². The standard InChI is InChI=1S/C12H22N2O3/c1-8(11(16)17-3)14-10(15)9-6-4-5-7-12(9,2)13/h8-9H,4-7,13H2,1-3H3,(H,14,15)/t8-,9?,12?/m1/s1. The van der Waals surface area contributed by atoms with Gasteiger partial charge in [-0.15, -0.1) is 0 Å². The Hall–Kier alpha value is -1.10. The van der Waals surface area contributed by atoms with Gasteiger partial charge in [-0.1, -0.05) is 12.8 Å². The zero-order chi connectivity index (χ0) is 13.1. The minimum Gasteiger partial charge on any atom is -0.467 e. The Morgan fingerprint density at radius 3 is 2.65 bits per heavy atom. The molecule has 0 aliphatic heterocycles. The zero-order valence-electron chi connectivity index (χ0n) is 10.8. The molecular weight excluding hydrogens is 220 g/mol. The van der Waals surface area contributed by atoms with Crippen LogP contribution in [0.2, 0.25) is 0 Å². The average Bonchev–Trinajstić information content (AvgIpc) is 2.26. The molecule has 98 valence electrons. The molecule has 5 nitrogen and oxygen atoms in total. The second kappa shape index (κ2) is 5.49. The number of carbonyl (C=O) groups excluding carboxylic acids is 2. The van der Waals surface area contributed by atoms with Crippen LogP contribution >= 0.6 is 0 Å². The van der Waals surface area contributed by atoms with Crippen LogP contribution in [-0.4, -0.2) is 30.6 Å². The molecule has 1 aliphatic carbocycles. The van der Waals surface area contributed by atoms with Gasteiger partial charge < -0.3 is 15.8 Å². The first-order valence-electron chi connectivity index (χ1n) is 6.05. The molecule has 1 fully saturated rings. The number of rotatable bonds is 3. The summed E-state index contributed by atoms with van der Waals surface area (Å²) in [6, 6.07) is -0.620. The quantitative estimate of drug-likeness (QED) is 0.709. The van der Waals surface area contributed by atoms with E-state index in [1.54, 1.807) is 6.92 Å². The highest BCUT2D eigenvalue weighted by Gasteiger charge is 2.38. The monoisotopic (exact) mass is 242 g/mol. The minimum absolute atomic E-state index is 0.146. The van der Waals surface area contributed by atoms with Crippen LogP contribution in [-0.2, 0) is 14.3 Å². The summed E-state index contributed by atoms with van der Waals surface area (Å²) in [5.41, 5.74) is 5.66. The lowest BCUT2D eigenvalue weighted by molar-refractivity contribution is -0.145. The van der Waals surface area contributed by atoms with E-state index in [4.69, 9.17) is 5.73 Å². The van der Waals surface area contributed by atoms with Crippen molar-refractivity contribution in [2.24, 2.45) is 11.7 Å². The maximum absolute atomic E-state index is 12.0. The summed E-state index contributed by atoms with van der Waals surface area (Å²) in [7, 11) is 1.30. The molecule has 0 spiro atoms. The first kappa shape index (κ1) is 14.0. The highest BCUT2D eigenvalue weighted by Crippen LogP contribution is 2.31. The molecule has 1 aliphatic rings. The molecule has 0 aromatic heterocycles. The third-order valence-corrected chi connectivity index (χ3v) is 3.48. The predicted molar refractivity (Wildman–Crippen MR) is 64.2 cm³/mol. The minimum atomic E-state index is -0.620. The Labute approximate surface area is 102 Å². The summed E-state index contributed by atoms with van der Waals surface area (Å²) in [6.07, 6.45) is 3.70. The number of hydrogen-bond donors (Lipinski definition) is 2. The Balaban J connectivity index is 2.60. The molecule has 0 bridgehead atoms. The summed E-state index contributed by atoms with van der Waals surface area (Å²) < 4.78 is 4.57. The van der Waals surface area contributed by atoms with E-state index < -0.39 is 17.6 Å². The van der Waals surface area contributed by atoms with Crippen molar-refractivity contribution in [3.05, 3.63) is 0 Å². The number of methoxy groups -OCH3 is 1. The molecule has 1 saturated carbocycles. The number of carbonyl (C=O) groups is 2. The van der Waals surface area contributed by atoms with Crippen LogP contribution in [0.5, 0.6) is 0 Å². The molecule has 3 N–H and O–H groups in total. The molecule has 0 saturated heterocycles. The van der Waals surface area contributed by atoms with Crippen molar-refractivity contribution in [2.75, 3.05) is 7.11 Å². The van der Waals surface area contributed by atoms with Crippen molar-refractivity contribution in [3.63, 3.8) is 0 Å². The van der Waals surface area contributed by atoms with E-state index >= 15 is 0 Å². The highest BCUT2D eigenvalue weighted by molar-refractivity contribution is 5.86. The molecular formula is C12H22N2O3. The van der Waals surface area contributed by atoms with Crippen LogP contribution in [0.15, 0.2) is 0 Å². The van der Waals surface area contributed by atoms with Gasteiger partial charge in [0.25, 0.3) is 0 Å². The maximum atomic E-state index is 12.0. The van der Waals surface area contributed by atoms with E-state index in [-0.39, 0.29) is 11.8 Å². The van der Waals surface area contributed by atoms with Gasteiger partial charge in [-0.3, -0.25) is 4.79 Å². The van der Waals surface area contributed by atoms with Gasteiger partial charge in [-0.25, -0.2) is 4.79 Å². The van der Waals surface area contributed by atoms with E-state index in [1.807, 2.05) is 6.92 Å². The third kappa shape index (κ3) is 3.43. The smallest absolute Gasteiger partial charge is 0.328 e. The Morgan fingerprint density at radius 1 is 1.47 bits per heavy atom. The molecule has 0 heterocycles. The lowest BCUT2D eigenvalue weighted by Gasteiger charge is -2.37. The third-order valence-electron chi connectivity index (χ3n) is 3.48. The van der Waals surface area contributed by atoms with Gasteiger partial charge in [0, 0.05) is 5.54 Å². The lowest BCUT2D eigenvalue weighted by Crippen LogP contribution is -2.54. The molecule has 1 amide bonds. The van der Waals surface area contributed by atoms with E-state index in [1.165, 1.54) is 7.11 Å². The Kier molecular flexibility index (Phi) is 4.51. The second-order valence-corrected chi connectivity index (χ2v) is 5.06. The molecule has 2 unspecified atom stereocenters. The Bertz CT molecular complexity index is 302. The molecule has 0 radical (unpaired) electrons. The number of amides is 1. The lowest BCUT2D eigenvalue weighted by atomic mass is 9.74. The molecule has 1 rings (SSSR count). The molecule has 17 heavy (non-hydrogen) atoms. The van der Waals surface area contributed by atoms with Crippen molar-refractivity contribution >= 4 is 11.9 Å². The van der Waals surface area contributed by atoms with Crippen molar-refractivity contribution in [1.82, 2.24) is 5.32 Å². The Morgan fingerprint density at radius 2 is 2.12 bits per heavy atom. The van der Waals surface area contributed by atoms with Crippen LogP contribution in [0.1, 0.15) is 39.5 Å². The van der Waals surface area contributed by atoms with Gasteiger partial charge in [0.15, 0.2) is 0 Å². The van der Waals surface area contributed by atoms with Crippen LogP contribution in [0.4, 0.5) is 0 Å². The normalized spacial score (nSPS) is 30.5. The number of hydrogen-bond acceptors (Lipinski definition) is 4. The zero-order valence-corrected chi connectivity index (χ0v) is 10.8. The van der Waals surface area contributed by atoms with Crippen LogP contribution < -0.4 is 11.1 Å². The summed E-state index contributed by atoms with van der Waals surface area (Å²) in [5.74, 6) is -0.802. The molecule has 0 aromatic carbocycles. The summed E-state index contributed by atoms with van der Waals surface area (Å²) in [4.78, 5) is 23.3. The first-order chi connectivity index (χ1) is 7.88. The molecule has 0 aromatic rings.